The predicted octanol–water partition coefficient (Wildman–Crippen LogP) is 1.04. The highest BCUT2D eigenvalue weighted by molar-refractivity contribution is 9.10. The van der Waals surface area contributed by atoms with E-state index in [0.29, 0.717) is 31.8 Å². The lowest BCUT2D eigenvalue weighted by Gasteiger charge is -2.26. The maximum Gasteiger partial charge on any atom is 0.251 e. The third-order valence-electron chi connectivity index (χ3n) is 2.84. The van der Waals surface area contributed by atoms with Crippen LogP contribution in [0.4, 0.5) is 0 Å². The lowest BCUT2D eigenvalue weighted by molar-refractivity contribution is -0.142. The number of halogens is 1. The van der Waals surface area contributed by atoms with E-state index in [4.69, 9.17) is 4.74 Å². The standard InChI is InChI=1S/C13H15BrN2O3/c14-11-3-1-2-10(8-11)13(18)15-4-5-16-6-7-19-9-12(16)17/h1-3,8H,4-7,9H2,(H,15,18). The first-order valence-electron chi connectivity index (χ1n) is 6.06. The highest BCUT2D eigenvalue weighted by Crippen LogP contribution is 2.11. The number of nitrogens with one attached hydrogen (secondary N) is 1. The molecule has 1 N–H and O–H groups in total. The van der Waals surface area contributed by atoms with Crippen LogP contribution in [0.15, 0.2) is 28.7 Å². The van der Waals surface area contributed by atoms with Crippen molar-refractivity contribution < 1.29 is 14.3 Å². The number of nitrogens with zero attached hydrogens (tertiary/aromatic N) is 1. The molecule has 1 aromatic carbocycles. The fourth-order valence-electron chi connectivity index (χ4n) is 1.82. The second-order valence-corrected chi connectivity index (χ2v) is 5.12. The Morgan fingerprint density at radius 2 is 2.32 bits per heavy atom. The number of carbonyl (C=O) groups excluding carboxylic acids is 2. The molecule has 102 valence electrons. The molecule has 5 nitrogen and oxygen atoms in total. The van der Waals surface area contributed by atoms with Gasteiger partial charge >= 0.3 is 0 Å². The molecule has 2 rings (SSSR count). The predicted molar refractivity (Wildman–Crippen MR) is 73.9 cm³/mol. The molecule has 0 unspecified atom stereocenters. The summed E-state index contributed by atoms with van der Waals surface area (Å²) in [5.41, 5.74) is 0.600. The SMILES string of the molecule is O=C(NCCN1CCOCC1=O)c1cccc(Br)c1. The van der Waals surface area contributed by atoms with E-state index in [2.05, 4.69) is 21.2 Å². The van der Waals surface area contributed by atoms with Crippen LogP contribution < -0.4 is 5.32 Å². The zero-order valence-corrected chi connectivity index (χ0v) is 12.0. The summed E-state index contributed by atoms with van der Waals surface area (Å²) in [5.74, 6) is -0.162. The summed E-state index contributed by atoms with van der Waals surface area (Å²) in [7, 11) is 0. The number of rotatable bonds is 4. The molecule has 1 fully saturated rings. The molecule has 6 heteroatoms. The number of hydrogen-bond donors (Lipinski definition) is 1. The van der Waals surface area contributed by atoms with E-state index >= 15 is 0 Å². The van der Waals surface area contributed by atoms with Gasteiger partial charge in [0.1, 0.15) is 6.61 Å². The van der Waals surface area contributed by atoms with Crippen LogP contribution in [0.25, 0.3) is 0 Å². The smallest absolute Gasteiger partial charge is 0.251 e. The van der Waals surface area contributed by atoms with Gasteiger partial charge in [-0.25, -0.2) is 0 Å². The maximum absolute atomic E-state index is 11.9. The molecule has 0 bridgehead atoms. The Morgan fingerprint density at radius 3 is 3.05 bits per heavy atom. The summed E-state index contributed by atoms with van der Waals surface area (Å²) in [6.45, 7) is 2.25. The molecular formula is C13H15BrN2O3. The van der Waals surface area contributed by atoms with Crippen molar-refractivity contribution in [2.45, 2.75) is 0 Å². The number of hydrogen-bond acceptors (Lipinski definition) is 3. The molecule has 0 aliphatic carbocycles. The lowest BCUT2D eigenvalue weighted by Crippen LogP contribution is -2.45. The van der Waals surface area contributed by atoms with Crippen LogP contribution in [-0.2, 0) is 9.53 Å². The number of morpholine rings is 1. The van der Waals surface area contributed by atoms with Gasteiger partial charge in [0.2, 0.25) is 5.91 Å². The minimum absolute atomic E-state index is 0.0250. The Kier molecular flexibility index (Phi) is 4.93. The highest BCUT2D eigenvalue weighted by Gasteiger charge is 2.18. The molecule has 0 spiro atoms. The Bertz CT molecular complexity index is 479. The van der Waals surface area contributed by atoms with Gasteiger partial charge in [0.05, 0.1) is 6.61 Å². The van der Waals surface area contributed by atoms with E-state index in [1.165, 1.54) is 0 Å². The molecule has 19 heavy (non-hydrogen) atoms. The molecule has 0 radical (unpaired) electrons. The Labute approximate surface area is 120 Å². The van der Waals surface area contributed by atoms with Crippen LogP contribution in [0.5, 0.6) is 0 Å². The van der Waals surface area contributed by atoms with Crippen molar-refractivity contribution in [3.63, 3.8) is 0 Å². The van der Waals surface area contributed by atoms with Crippen molar-refractivity contribution in [2.24, 2.45) is 0 Å². The van der Waals surface area contributed by atoms with Gasteiger partial charge < -0.3 is 15.0 Å². The summed E-state index contributed by atoms with van der Waals surface area (Å²) in [5, 5.41) is 2.80. The van der Waals surface area contributed by atoms with Crippen molar-refractivity contribution in [1.29, 1.82) is 0 Å². The molecule has 0 aromatic heterocycles. The van der Waals surface area contributed by atoms with Crippen LogP contribution in [0, 0.1) is 0 Å². The van der Waals surface area contributed by atoms with Crippen molar-refractivity contribution >= 4 is 27.7 Å². The number of carbonyl (C=O) groups is 2. The molecule has 1 aliphatic rings. The third-order valence-corrected chi connectivity index (χ3v) is 3.33. The van der Waals surface area contributed by atoms with E-state index in [9.17, 15) is 9.59 Å². The first-order chi connectivity index (χ1) is 9.16. The lowest BCUT2D eigenvalue weighted by atomic mass is 10.2. The van der Waals surface area contributed by atoms with Gasteiger partial charge in [-0.3, -0.25) is 9.59 Å². The molecule has 2 amide bonds. The van der Waals surface area contributed by atoms with Gasteiger partial charge in [-0.1, -0.05) is 22.0 Å². The second kappa shape index (κ2) is 6.68. The second-order valence-electron chi connectivity index (χ2n) is 4.20. The summed E-state index contributed by atoms with van der Waals surface area (Å²) >= 11 is 3.32. The normalized spacial score (nSPS) is 15.4. The minimum atomic E-state index is -0.137. The molecular weight excluding hydrogens is 312 g/mol. The molecule has 0 atom stereocenters. The Balaban J connectivity index is 1.79. The van der Waals surface area contributed by atoms with Crippen LogP contribution >= 0.6 is 15.9 Å². The largest absolute Gasteiger partial charge is 0.370 e. The monoisotopic (exact) mass is 326 g/mol. The van der Waals surface area contributed by atoms with Gasteiger partial charge in [0.15, 0.2) is 0 Å². The van der Waals surface area contributed by atoms with Gasteiger partial charge in [-0.15, -0.1) is 0 Å². The van der Waals surface area contributed by atoms with E-state index in [-0.39, 0.29) is 18.4 Å². The van der Waals surface area contributed by atoms with E-state index in [0.717, 1.165) is 4.47 Å². The molecule has 1 heterocycles. The fourth-order valence-corrected chi connectivity index (χ4v) is 2.22. The zero-order chi connectivity index (χ0) is 13.7. The molecule has 0 saturated carbocycles. The topological polar surface area (TPSA) is 58.6 Å². The van der Waals surface area contributed by atoms with Crippen LogP contribution in [-0.4, -0.2) is 49.6 Å². The number of benzene rings is 1. The third kappa shape index (κ3) is 4.04. The van der Waals surface area contributed by atoms with Gasteiger partial charge in [0.25, 0.3) is 5.91 Å². The first kappa shape index (κ1) is 14.0. The Hall–Kier alpha value is -1.40. The highest BCUT2D eigenvalue weighted by atomic mass is 79.9. The molecule has 1 aliphatic heterocycles. The van der Waals surface area contributed by atoms with E-state index in [1.54, 1.807) is 17.0 Å². The van der Waals surface area contributed by atoms with Crippen LogP contribution in [0.1, 0.15) is 10.4 Å². The van der Waals surface area contributed by atoms with Crippen molar-refractivity contribution in [3.8, 4) is 0 Å². The van der Waals surface area contributed by atoms with Crippen molar-refractivity contribution in [2.75, 3.05) is 32.8 Å². The molecule has 1 aromatic rings. The average Bonchev–Trinajstić information content (AvgIpc) is 2.41. The summed E-state index contributed by atoms with van der Waals surface area (Å²) in [4.78, 5) is 25.0. The number of amides is 2. The fraction of sp³-hybridized carbons (Fsp3) is 0.385. The van der Waals surface area contributed by atoms with E-state index < -0.39 is 0 Å². The zero-order valence-electron chi connectivity index (χ0n) is 10.4. The molecule has 1 saturated heterocycles. The van der Waals surface area contributed by atoms with Crippen LogP contribution in [0.3, 0.4) is 0 Å². The van der Waals surface area contributed by atoms with Crippen molar-refractivity contribution in [3.05, 3.63) is 34.3 Å². The maximum atomic E-state index is 11.9. The van der Waals surface area contributed by atoms with E-state index in [1.807, 2.05) is 12.1 Å². The summed E-state index contributed by atoms with van der Waals surface area (Å²) < 4.78 is 5.90. The number of ether oxygens (including phenoxy) is 1. The quantitative estimate of drug-likeness (QED) is 0.899. The summed E-state index contributed by atoms with van der Waals surface area (Å²) in [6, 6.07) is 7.18. The van der Waals surface area contributed by atoms with Crippen LogP contribution in [0.2, 0.25) is 0 Å². The summed E-state index contributed by atoms with van der Waals surface area (Å²) in [6.07, 6.45) is 0. The Morgan fingerprint density at radius 1 is 1.47 bits per heavy atom. The van der Waals surface area contributed by atoms with Gasteiger partial charge in [-0.2, -0.15) is 0 Å². The van der Waals surface area contributed by atoms with Gasteiger partial charge in [0, 0.05) is 29.7 Å². The van der Waals surface area contributed by atoms with Gasteiger partial charge in [-0.05, 0) is 18.2 Å². The van der Waals surface area contributed by atoms with Crippen molar-refractivity contribution in [1.82, 2.24) is 10.2 Å². The first-order valence-corrected chi connectivity index (χ1v) is 6.85. The minimum Gasteiger partial charge on any atom is -0.370 e. The average molecular weight is 327 g/mol.